The van der Waals surface area contributed by atoms with Crippen LogP contribution in [0.25, 0.3) is 0 Å². The van der Waals surface area contributed by atoms with Crippen LogP contribution in [-0.2, 0) is 12.8 Å². The van der Waals surface area contributed by atoms with Gasteiger partial charge in [-0.05, 0) is 49.6 Å². The fraction of sp³-hybridized carbons (Fsp3) is 0.333. The third-order valence-corrected chi connectivity index (χ3v) is 4.04. The quantitative estimate of drug-likeness (QED) is 0.925. The van der Waals surface area contributed by atoms with E-state index in [0.717, 1.165) is 37.2 Å². The Morgan fingerprint density at radius 1 is 1.19 bits per heavy atom. The number of aryl methyl sites for hydroxylation is 1. The number of fused-ring (bicyclic) bond motifs is 1. The highest BCUT2D eigenvalue weighted by Gasteiger charge is 2.20. The van der Waals surface area contributed by atoms with Gasteiger partial charge >= 0.3 is 0 Å². The number of rotatable bonds is 4. The standard InChI is InChI=1S/C18H20FNO/c1-20-17(12-13-7-9-15(19)10-8-13)16-6-2-4-14-5-3-11-21-18(14)16/h2,4,6-10,17,20H,3,5,11-12H2,1H3. The Hall–Kier alpha value is -1.87. The molecule has 0 bridgehead atoms. The van der Waals surface area contributed by atoms with E-state index in [1.807, 2.05) is 19.2 Å². The predicted octanol–water partition coefficient (Wildman–Crippen LogP) is 3.65. The Balaban J connectivity index is 1.88. The normalized spacial score (nSPS) is 15.1. The van der Waals surface area contributed by atoms with Crippen molar-refractivity contribution in [3.63, 3.8) is 0 Å². The first-order chi connectivity index (χ1) is 10.3. The molecular weight excluding hydrogens is 265 g/mol. The molecule has 0 spiro atoms. The van der Waals surface area contributed by atoms with Gasteiger partial charge in [-0.15, -0.1) is 0 Å². The van der Waals surface area contributed by atoms with Crippen LogP contribution in [0.2, 0.25) is 0 Å². The van der Waals surface area contributed by atoms with Gasteiger partial charge < -0.3 is 10.1 Å². The van der Waals surface area contributed by atoms with Gasteiger partial charge in [-0.25, -0.2) is 4.39 Å². The van der Waals surface area contributed by atoms with Gasteiger partial charge in [0, 0.05) is 11.6 Å². The van der Waals surface area contributed by atoms with Gasteiger partial charge in [0.2, 0.25) is 0 Å². The minimum Gasteiger partial charge on any atom is -0.493 e. The third-order valence-electron chi connectivity index (χ3n) is 4.04. The SMILES string of the molecule is CNC(Cc1ccc(F)cc1)c1cccc2c1OCCC2. The van der Waals surface area contributed by atoms with Crippen LogP contribution in [0, 0.1) is 5.82 Å². The maximum atomic E-state index is 13.0. The molecule has 0 saturated carbocycles. The molecule has 21 heavy (non-hydrogen) atoms. The highest BCUT2D eigenvalue weighted by Crippen LogP contribution is 2.34. The molecule has 0 fully saturated rings. The molecule has 2 nitrogen and oxygen atoms in total. The third kappa shape index (κ3) is 3.08. The summed E-state index contributed by atoms with van der Waals surface area (Å²) >= 11 is 0. The lowest BCUT2D eigenvalue weighted by atomic mass is 9.94. The van der Waals surface area contributed by atoms with Crippen molar-refractivity contribution in [2.45, 2.75) is 25.3 Å². The van der Waals surface area contributed by atoms with E-state index < -0.39 is 0 Å². The van der Waals surface area contributed by atoms with Crippen molar-refractivity contribution in [1.29, 1.82) is 0 Å². The monoisotopic (exact) mass is 285 g/mol. The van der Waals surface area contributed by atoms with Crippen LogP contribution in [0.5, 0.6) is 5.75 Å². The number of likely N-dealkylation sites (N-methyl/N-ethyl adjacent to an activating group) is 1. The zero-order valence-electron chi connectivity index (χ0n) is 12.2. The lowest BCUT2D eigenvalue weighted by Crippen LogP contribution is -2.21. The van der Waals surface area contributed by atoms with E-state index in [9.17, 15) is 4.39 Å². The van der Waals surface area contributed by atoms with Gasteiger partial charge in [-0.1, -0.05) is 30.3 Å². The summed E-state index contributed by atoms with van der Waals surface area (Å²) in [6.45, 7) is 0.789. The topological polar surface area (TPSA) is 21.3 Å². The number of nitrogens with one attached hydrogen (secondary N) is 1. The fourth-order valence-corrected chi connectivity index (χ4v) is 2.91. The summed E-state index contributed by atoms with van der Waals surface area (Å²) in [6, 6.07) is 13.2. The zero-order chi connectivity index (χ0) is 14.7. The van der Waals surface area contributed by atoms with Gasteiger partial charge in [0.1, 0.15) is 11.6 Å². The van der Waals surface area contributed by atoms with E-state index in [4.69, 9.17) is 4.74 Å². The molecule has 0 saturated heterocycles. The molecule has 0 aromatic heterocycles. The second-order valence-electron chi connectivity index (χ2n) is 5.46. The molecule has 110 valence electrons. The second-order valence-corrected chi connectivity index (χ2v) is 5.46. The molecule has 0 amide bonds. The summed E-state index contributed by atoms with van der Waals surface area (Å²) in [5, 5.41) is 3.36. The van der Waals surface area contributed by atoms with Crippen LogP contribution < -0.4 is 10.1 Å². The Morgan fingerprint density at radius 3 is 2.76 bits per heavy atom. The predicted molar refractivity (Wildman–Crippen MR) is 82.2 cm³/mol. The van der Waals surface area contributed by atoms with Crippen molar-refractivity contribution >= 4 is 0 Å². The molecule has 0 radical (unpaired) electrons. The summed E-state index contributed by atoms with van der Waals surface area (Å²) in [7, 11) is 1.95. The molecule has 0 aliphatic carbocycles. The minimum absolute atomic E-state index is 0.170. The molecule has 1 heterocycles. The first kappa shape index (κ1) is 14.1. The number of hydrogen-bond donors (Lipinski definition) is 1. The average molecular weight is 285 g/mol. The summed E-state index contributed by atoms with van der Waals surface area (Å²) < 4.78 is 18.9. The highest BCUT2D eigenvalue weighted by molar-refractivity contribution is 5.45. The Kier molecular flexibility index (Phi) is 4.20. The summed E-state index contributed by atoms with van der Waals surface area (Å²) in [5.41, 5.74) is 3.60. The van der Waals surface area contributed by atoms with Crippen LogP contribution in [0.4, 0.5) is 4.39 Å². The van der Waals surface area contributed by atoms with Crippen LogP contribution >= 0.6 is 0 Å². The average Bonchev–Trinajstić information content (AvgIpc) is 2.54. The molecule has 1 atom stereocenters. The molecule has 1 aliphatic heterocycles. The van der Waals surface area contributed by atoms with Crippen molar-refractivity contribution in [3.05, 3.63) is 65.0 Å². The van der Waals surface area contributed by atoms with Crippen molar-refractivity contribution < 1.29 is 9.13 Å². The van der Waals surface area contributed by atoms with Gasteiger partial charge in [0.15, 0.2) is 0 Å². The van der Waals surface area contributed by atoms with Crippen molar-refractivity contribution in [2.75, 3.05) is 13.7 Å². The first-order valence-electron chi connectivity index (χ1n) is 7.44. The van der Waals surface area contributed by atoms with Crippen LogP contribution in [0.3, 0.4) is 0 Å². The molecule has 3 heteroatoms. The molecule has 1 aliphatic rings. The summed E-state index contributed by atoms with van der Waals surface area (Å²) in [6.07, 6.45) is 2.98. The second kappa shape index (κ2) is 6.27. The van der Waals surface area contributed by atoms with Gasteiger partial charge in [0.05, 0.1) is 6.61 Å². The zero-order valence-corrected chi connectivity index (χ0v) is 12.2. The summed E-state index contributed by atoms with van der Waals surface area (Å²) in [4.78, 5) is 0. The lowest BCUT2D eigenvalue weighted by molar-refractivity contribution is 0.282. The van der Waals surface area contributed by atoms with Crippen molar-refractivity contribution in [1.82, 2.24) is 5.32 Å². The first-order valence-corrected chi connectivity index (χ1v) is 7.44. The molecule has 2 aromatic rings. The number of para-hydroxylation sites is 1. The Bertz CT molecular complexity index is 609. The number of halogens is 1. The van der Waals surface area contributed by atoms with Crippen molar-refractivity contribution in [2.24, 2.45) is 0 Å². The van der Waals surface area contributed by atoms with Gasteiger partial charge in [0.25, 0.3) is 0 Å². The summed E-state index contributed by atoms with van der Waals surface area (Å²) in [5.74, 6) is 0.838. The van der Waals surface area contributed by atoms with Crippen LogP contribution in [-0.4, -0.2) is 13.7 Å². The smallest absolute Gasteiger partial charge is 0.127 e. The van der Waals surface area contributed by atoms with E-state index in [1.165, 1.54) is 23.3 Å². The Labute approximate surface area is 125 Å². The van der Waals surface area contributed by atoms with E-state index in [2.05, 4.69) is 23.5 Å². The maximum Gasteiger partial charge on any atom is 0.127 e. The van der Waals surface area contributed by atoms with E-state index in [0.29, 0.717) is 0 Å². The number of hydrogen-bond acceptors (Lipinski definition) is 2. The molecule has 1 unspecified atom stereocenters. The highest BCUT2D eigenvalue weighted by atomic mass is 19.1. The molecule has 1 N–H and O–H groups in total. The van der Waals surface area contributed by atoms with E-state index in [-0.39, 0.29) is 11.9 Å². The maximum absolute atomic E-state index is 13.0. The van der Waals surface area contributed by atoms with Crippen molar-refractivity contribution in [3.8, 4) is 5.75 Å². The van der Waals surface area contributed by atoms with Crippen LogP contribution in [0.15, 0.2) is 42.5 Å². The minimum atomic E-state index is -0.194. The van der Waals surface area contributed by atoms with E-state index >= 15 is 0 Å². The Morgan fingerprint density at radius 2 is 2.00 bits per heavy atom. The van der Waals surface area contributed by atoms with Crippen LogP contribution in [0.1, 0.15) is 29.2 Å². The van der Waals surface area contributed by atoms with Gasteiger partial charge in [-0.2, -0.15) is 0 Å². The number of ether oxygens (including phenoxy) is 1. The molecule has 3 rings (SSSR count). The van der Waals surface area contributed by atoms with E-state index in [1.54, 1.807) is 0 Å². The molecular formula is C18H20FNO. The number of benzene rings is 2. The molecule has 2 aromatic carbocycles. The largest absolute Gasteiger partial charge is 0.493 e. The fourth-order valence-electron chi connectivity index (χ4n) is 2.91. The lowest BCUT2D eigenvalue weighted by Gasteiger charge is -2.25. The van der Waals surface area contributed by atoms with Gasteiger partial charge in [-0.3, -0.25) is 0 Å².